The summed E-state index contributed by atoms with van der Waals surface area (Å²) in [5.74, 6) is 0. The molecule has 0 radical (unpaired) electrons. The smallest absolute Gasteiger partial charge is 0.447 e. The van der Waals surface area contributed by atoms with Crippen LogP contribution in [0, 0.1) is 0 Å². The van der Waals surface area contributed by atoms with Crippen LogP contribution in [0.25, 0.3) is 11.2 Å². The molecule has 0 saturated heterocycles. The van der Waals surface area contributed by atoms with E-state index in [0.717, 1.165) is 4.80 Å². The largest absolute Gasteiger partial charge is 0.452 e. The molecule has 0 atom stereocenters. The summed E-state index contributed by atoms with van der Waals surface area (Å²) in [6.45, 7) is 2.02. The minimum absolute atomic E-state index is 0.296. The molecule has 14 heavy (non-hydrogen) atoms. The first-order valence-corrected chi connectivity index (χ1v) is 4.16. The van der Waals surface area contributed by atoms with Crippen molar-refractivity contribution in [1.29, 1.82) is 0 Å². The number of fused-ring (bicyclic) bond motifs is 1. The van der Waals surface area contributed by atoms with Crippen molar-refractivity contribution in [2.24, 2.45) is 0 Å². The summed E-state index contributed by atoms with van der Waals surface area (Å²) in [4.78, 5) is 16.0. The topological polar surface area (TPSA) is 69.9 Å². The monoisotopic (exact) mass is 192 g/mol. The van der Waals surface area contributed by atoms with Gasteiger partial charge in [-0.25, -0.2) is 9.78 Å². The fraction of sp³-hybridized carbons (Fsp3) is 0.250. The molecule has 0 aliphatic carbocycles. The number of nitrogens with zero attached hydrogens (tertiary/aromatic N) is 4. The quantitative estimate of drug-likeness (QED) is 0.669. The van der Waals surface area contributed by atoms with E-state index in [2.05, 4.69) is 15.2 Å². The van der Waals surface area contributed by atoms with E-state index < -0.39 is 6.09 Å². The van der Waals surface area contributed by atoms with Gasteiger partial charge in [-0.2, -0.15) is 0 Å². The highest BCUT2D eigenvalue weighted by atomic mass is 16.6. The molecule has 0 aliphatic rings. The van der Waals surface area contributed by atoms with Crippen molar-refractivity contribution in [1.82, 2.24) is 20.0 Å². The molecule has 0 amide bonds. The molecular weight excluding hydrogens is 184 g/mol. The lowest BCUT2D eigenvalue weighted by Gasteiger charge is -1.96. The Balaban J connectivity index is 2.40. The van der Waals surface area contributed by atoms with Crippen LogP contribution in [0.3, 0.4) is 0 Å². The summed E-state index contributed by atoms with van der Waals surface area (Å²) < 4.78 is 4.73. The van der Waals surface area contributed by atoms with Crippen molar-refractivity contribution >= 4 is 17.3 Å². The van der Waals surface area contributed by atoms with Crippen LogP contribution in [-0.4, -0.2) is 32.7 Å². The predicted molar refractivity (Wildman–Crippen MR) is 47.7 cm³/mol. The Morgan fingerprint density at radius 1 is 1.57 bits per heavy atom. The fourth-order valence-electron chi connectivity index (χ4n) is 1.02. The zero-order valence-corrected chi connectivity index (χ0v) is 7.54. The zero-order chi connectivity index (χ0) is 9.97. The molecule has 72 valence electrons. The van der Waals surface area contributed by atoms with Crippen LogP contribution in [0.15, 0.2) is 18.3 Å². The first-order chi connectivity index (χ1) is 6.81. The average molecular weight is 192 g/mol. The predicted octanol–water partition coefficient (Wildman–Crippen LogP) is 0.831. The molecule has 0 spiro atoms. The summed E-state index contributed by atoms with van der Waals surface area (Å²) in [5.41, 5.74) is 1.00. The number of carbonyl (C=O) groups is 1. The van der Waals surface area contributed by atoms with Gasteiger partial charge in [0.05, 0.1) is 6.61 Å². The summed E-state index contributed by atoms with van der Waals surface area (Å²) in [6.07, 6.45) is 0.998. The minimum atomic E-state index is -0.592. The van der Waals surface area contributed by atoms with E-state index >= 15 is 0 Å². The van der Waals surface area contributed by atoms with E-state index in [-0.39, 0.29) is 0 Å². The van der Waals surface area contributed by atoms with Gasteiger partial charge >= 0.3 is 6.09 Å². The van der Waals surface area contributed by atoms with Crippen LogP contribution >= 0.6 is 0 Å². The number of carbonyl (C=O) groups excluding carboxylic acids is 1. The molecule has 0 N–H and O–H groups in total. The molecule has 2 aromatic rings. The van der Waals surface area contributed by atoms with Crippen molar-refractivity contribution in [3.05, 3.63) is 18.3 Å². The normalized spacial score (nSPS) is 10.4. The molecule has 2 rings (SSSR count). The lowest BCUT2D eigenvalue weighted by Crippen LogP contribution is -2.16. The van der Waals surface area contributed by atoms with Gasteiger partial charge in [0, 0.05) is 6.20 Å². The van der Waals surface area contributed by atoms with Crippen LogP contribution in [0.5, 0.6) is 0 Å². The van der Waals surface area contributed by atoms with Gasteiger partial charge in [-0.05, 0) is 19.1 Å². The van der Waals surface area contributed by atoms with Crippen molar-refractivity contribution in [3.63, 3.8) is 0 Å². The summed E-state index contributed by atoms with van der Waals surface area (Å²) in [5, 5.41) is 7.75. The molecule has 0 fully saturated rings. The molecule has 0 aliphatic heterocycles. The summed E-state index contributed by atoms with van der Waals surface area (Å²) >= 11 is 0. The first-order valence-electron chi connectivity index (χ1n) is 4.16. The van der Waals surface area contributed by atoms with Crippen molar-refractivity contribution in [2.45, 2.75) is 6.92 Å². The van der Waals surface area contributed by atoms with Gasteiger partial charge in [-0.15, -0.1) is 10.2 Å². The fourth-order valence-corrected chi connectivity index (χ4v) is 1.02. The van der Waals surface area contributed by atoms with E-state index in [0.29, 0.717) is 17.8 Å². The van der Waals surface area contributed by atoms with Gasteiger partial charge in [-0.3, -0.25) is 0 Å². The lowest BCUT2D eigenvalue weighted by atomic mass is 10.4. The number of pyridine rings is 1. The Hall–Kier alpha value is -1.98. The number of aromatic nitrogens is 4. The maximum absolute atomic E-state index is 11.2. The zero-order valence-electron chi connectivity index (χ0n) is 7.54. The van der Waals surface area contributed by atoms with Gasteiger partial charge in [0.1, 0.15) is 5.52 Å². The van der Waals surface area contributed by atoms with Crippen molar-refractivity contribution < 1.29 is 9.53 Å². The van der Waals surface area contributed by atoms with Crippen LogP contribution < -0.4 is 0 Å². The van der Waals surface area contributed by atoms with Crippen LogP contribution in [0.4, 0.5) is 4.79 Å². The standard InChI is InChI=1S/C8H8N4O2/c1-2-14-8(13)12-10-6-4-3-5-9-7(6)11-12/h3-5H,2H2,1H3. The molecule has 0 saturated carbocycles. The number of hydrogen-bond donors (Lipinski definition) is 0. The van der Waals surface area contributed by atoms with E-state index in [1.54, 1.807) is 25.3 Å². The van der Waals surface area contributed by atoms with Gasteiger partial charge in [0.25, 0.3) is 0 Å². The van der Waals surface area contributed by atoms with E-state index in [1.807, 2.05) is 0 Å². The average Bonchev–Trinajstić information content (AvgIpc) is 2.61. The second-order valence-electron chi connectivity index (χ2n) is 2.53. The highest BCUT2D eigenvalue weighted by Crippen LogP contribution is 2.03. The molecule has 0 aromatic carbocycles. The second kappa shape index (κ2) is 3.41. The SMILES string of the molecule is CCOC(=O)n1nc2cccnc2n1. The third-order valence-electron chi connectivity index (χ3n) is 1.59. The molecule has 0 unspecified atom stereocenters. The maximum atomic E-state index is 11.2. The van der Waals surface area contributed by atoms with Crippen LogP contribution in [-0.2, 0) is 4.74 Å². The minimum Gasteiger partial charge on any atom is -0.447 e. The first kappa shape index (κ1) is 8.61. The number of ether oxygens (including phenoxy) is 1. The number of rotatable bonds is 1. The summed E-state index contributed by atoms with van der Waals surface area (Å²) in [6, 6.07) is 3.46. The Morgan fingerprint density at radius 2 is 2.43 bits per heavy atom. The Kier molecular flexibility index (Phi) is 2.10. The maximum Gasteiger partial charge on any atom is 0.452 e. The molecular formula is C8H8N4O2. The van der Waals surface area contributed by atoms with E-state index in [4.69, 9.17) is 4.74 Å². The summed E-state index contributed by atoms with van der Waals surface area (Å²) in [7, 11) is 0. The molecule has 6 nitrogen and oxygen atoms in total. The van der Waals surface area contributed by atoms with Gasteiger partial charge < -0.3 is 4.74 Å². The van der Waals surface area contributed by atoms with E-state index in [9.17, 15) is 4.79 Å². The number of hydrogen-bond acceptors (Lipinski definition) is 5. The second-order valence-corrected chi connectivity index (χ2v) is 2.53. The van der Waals surface area contributed by atoms with Gasteiger partial charge in [0.15, 0.2) is 0 Å². The van der Waals surface area contributed by atoms with Gasteiger partial charge in [-0.1, -0.05) is 4.80 Å². The molecule has 2 heterocycles. The molecule has 2 aromatic heterocycles. The van der Waals surface area contributed by atoms with Crippen molar-refractivity contribution in [2.75, 3.05) is 6.61 Å². The molecule has 6 heteroatoms. The van der Waals surface area contributed by atoms with Gasteiger partial charge in [0.2, 0.25) is 5.65 Å². The van der Waals surface area contributed by atoms with Crippen LogP contribution in [0.1, 0.15) is 6.92 Å². The van der Waals surface area contributed by atoms with Crippen molar-refractivity contribution in [3.8, 4) is 0 Å². The lowest BCUT2D eigenvalue weighted by molar-refractivity contribution is 0.146. The van der Waals surface area contributed by atoms with E-state index in [1.165, 1.54) is 0 Å². The third kappa shape index (κ3) is 1.41. The Morgan fingerprint density at radius 3 is 3.14 bits per heavy atom. The third-order valence-corrected chi connectivity index (χ3v) is 1.59. The highest BCUT2D eigenvalue weighted by molar-refractivity contribution is 5.74. The Labute approximate surface area is 79.5 Å². The molecule has 0 bridgehead atoms. The Bertz CT molecular complexity index is 432. The van der Waals surface area contributed by atoms with Crippen LogP contribution in [0.2, 0.25) is 0 Å². The highest BCUT2D eigenvalue weighted by Gasteiger charge is 2.10.